The van der Waals surface area contributed by atoms with Crippen LogP contribution in [0.4, 0.5) is 4.79 Å². The van der Waals surface area contributed by atoms with E-state index >= 15 is 0 Å². The monoisotopic (exact) mass is 362 g/mol. The number of benzene rings is 1. The minimum Gasteiger partial charge on any atom is -0.352 e. The Labute approximate surface area is 152 Å². The van der Waals surface area contributed by atoms with Gasteiger partial charge < -0.3 is 21.7 Å². The lowest BCUT2D eigenvalue weighted by Crippen LogP contribution is -2.36. The molecule has 136 valence electrons. The Hall–Kier alpha value is -1.73. The fraction of sp³-hybridized carbons (Fsp3) is 0.556. The fourth-order valence-corrected chi connectivity index (χ4v) is 4.90. The van der Waals surface area contributed by atoms with Crippen LogP contribution < -0.4 is 21.7 Å². The maximum atomic E-state index is 12.0. The van der Waals surface area contributed by atoms with Gasteiger partial charge in [-0.15, -0.1) is 0 Å². The Bertz CT molecular complexity index is 608. The lowest BCUT2D eigenvalue weighted by molar-refractivity contribution is -0.121. The number of hydrogen-bond donors (Lipinski definition) is 4. The number of rotatable bonds is 8. The maximum Gasteiger partial charge on any atom is 0.315 e. The van der Waals surface area contributed by atoms with Crippen molar-refractivity contribution in [2.75, 3.05) is 5.75 Å². The van der Waals surface area contributed by atoms with Crippen LogP contribution in [0.25, 0.3) is 0 Å². The molecule has 2 fully saturated rings. The topological polar surface area (TPSA) is 96.2 Å². The predicted molar refractivity (Wildman–Crippen MR) is 100 cm³/mol. The highest BCUT2D eigenvalue weighted by molar-refractivity contribution is 8.00. The van der Waals surface area contributed by atoms with Gasteiger partial charge in [-0.2, -0.15) is 11.8 Å². The summed E-state index contributed by atoms with van der Waals surface area (Å²) in [7, 11) is 0. The van der Waals surface area contributed by atoms with Crippen LogP contribution in [0.2, 0.25) is 0 Å². The molecule has 3 unspecified atom stereocenters. The van der Waals surface area contributed by atoms with Gasteiger partial charge in [-0.1, -0.05) is 30.7 Å². The minimum absolute atomic E-state index is 0.0424. The highest BCUT2D eigenvalue weighted by atomic mass is 32.2. The van der Waals surface area contributed by atoms with E-state index in [0.717, 1.165) is 36.1 Å². The number of nitrogens with two attached hydrogens (primary N) is 1. The minimum atomic E-state index is -0.0424. The second-order valence-corrected chi connectivity index (χ2v) is 7.94. The first kappa shape index (κ1) is 18.1. The number of amides is 3. The molecule has 0 saturated carbocycles. The summed E-state index contributed by atoms with van der Waals surface area (Å²) in [5.41, 5.74) is 7.76. The number of thioether (sulfide) groups is 1. The fourth-order valence-electron chi connectivity index (χ4n) is 3.36. The predicted octanol–water partition coefficient (Wildman–Crippen LogP) is 1.49. The van der Waals surface area contributed by atoms with Crippen LogP contribution >= 0.6 is 11.8 Å². The lowest BCUT2D eigenvalue weighted by atomic mass is 10.0. The molecule has 2 aliphatic heterocycles. The van der Waals surface area contributed by atoms with Crippen LogP contribution in [0.3, 0.4) is 0 Å². The lowest BCUT2D eigenvalue weighted by Gasteiger charge is -2.16. The summed E-state index contributed by atoms with van der Waals surface area (Å²) >= 11 is 1.92. The van der Waals surface area contributed by atoms with Gasteiger partial charge in [0.15, 0.2) is 0 Å². The Morgan fingerprint density at radius 2 is 1.96 bits per heavy atom. The van der Waals surface area contributed by atoms with E-state index in [0.29, 0.717) is 24.8 Å². The van der Waals surface area contributed by atoms with Crippen molar-refractivity contribution >= 4 is 23.7 Å². The molecular formula is C18H26N4O2S. The molecule has 0 aromatic heterocycles. The van der Waals surface area contributed by atoms with Gasteiger partial charge >= 0.3 is 6.03 Å². The number of carbonyl (C=O) groups excluding carboxylic acids is 2. The molecular weight excluding hydrogens is 336 g/mol. The third kappa shape index (κ3) is 4.89. The van der Waals surface area contributed by atoms with Crippen LogP contribution in [0.5, 0.6) is 0 Å². The molecule has 0 spiro atoms. The first-order chi connectivity index (χ1) is 12.2. The summed E-state index contributed by atoms with van der Waals surface area (Å²) in [6.07, 6.45) is 3.49. The smallest absolute Gasteiger partial charge is 0.315 e. The second-order valence-electron chi connectivity index (χ2n) is 6.66. The molecule has 3 rings (SSSR count). The molecule has 0 aliphatic carbocycles. The van der Waals surface area contributed by atoms with E-state index in [4.69, 9.17) is 5.73 Å². The van der Waals surface area contributed by atoms with E-state index in [1.807, 2.05) is 36.0 Å². The number of unbranched alkanes of at least 4 members (excludes halogenated alkanes) is 1. The van der Waals surface area contributed by atoms with E-state index in [1.54, 1.807) is 0 Å². The zero-order valence-corrected chi connectivity index (χ0v) is 15.1. The van der Waals surface area contributed by atoms with Gasteiger partial charge in [0, 0.05) is 30.5 Å². The Morgan fingerprint density at radius 3 is 2.72 bits per heavy atom. The van der Waals surface area contributed by atoms with E-state index in [-0.39, 0.29) is 24.0 Å². The van der Waals surface area contributed by atoms with Crippen molar-refractivity contribution in [1.29, 1.82) is 0 Å². The normalized spacial score (nSPS) is 24.5. The van der Waals surface area contributed by atoms with Crippen molar-refractivity contribution in [3.8, 4) is 0 Å². The quantitative estimate of drug-likeness (QED) is 0.416. The van der Waals surface area contributed by atoms with Crippen molar-refractivity contribution in [3.63, 3.8) is 0 Å². The molecule has 25 heavy (non-hydrogen) atoms. The van der Waals surface area contributed by atoms with Crippen LogP contribution in [-0.4, -0.2) is 35.0 Å². The van der Waals surface area contributed by atoms with Gasteiger partial charge in [0.2, 0.25) is 5.91 Å². The van der Waals surface area contributed by atoms with Crippen molar-refractivity contribution in [3.05, 3.63) is 35.4 Å². The van der Waals surface area contributed by atoms with Gasteiger partial charge in [-0.3, -0.25) is 4.79 Å². The maximum absolute atomic E-state index is 12.0. The molecule has 0 bridgehead atoms. The van der Waals surface area contributed by atoms with Gasteiger partial charge in [0.1, 0.15) is 0 Å². The molecule has 2 aliphatic rings. The van der Waals surface area contributed by atoms with Crippen molar-refractivity contribution in [1.82, 2.24) is 16.0 Å². The molecule has 3 amide bonds. The van der Waals surface area contributed by atoms with Crippen LogP contribution in [0.1, 0.15) is 36.8 Å². The highest BCUT2D eigenvalue weighted by Crippen LogP contribution is 2.33. The molecule has 3 atom stereocenters. The third-order valence-electron chi connectivity index (χ3n) is 4.83. The number of carbonyl (C=O) groups is 2. The van der Waals surface area contributed by atoms with Crippen LogP contribution in [0, 0.1) is 0 Å². The van der Waals surface area contributed by atoms with Crippen LogP contribution in [-0.2, 0) is 17.9 Å². The number of nitrogens with one attached hydrogen (secondary N) is 3. The van der Waals surface area contributed by atoms with Crippen molar-refractivity contribution in [2.24, 2.45) is 5.73 Å². The summed E-state index contributed by atoms with van der Waals surface area (Å²) in [5.74, 6) is 1.08. The summed E-state index contributed by atoms with van der Waals surface area (Å²) < 4.78 is 0. The molecule has 1 aromatic rings. The number of urea groups is 1. The van der Waals surface area contributed by atoms with Gasteiger partial charge in [0.25, 0.3) is 0 Å². The summed E-state index contributed by atoms with van der Waals surface area (Å²) in [6, 6.07) is 8.47. The zero-order chi connectivity index (χ0) is 17.6. The first-order valence-electron chi connectivity index (χ1n) is 8.89. The molecule has 7 heteroatoms. The molecule has 5 N–H and O–H groups in total. The number of hydrogen-bond acceptors (Lipinski definition) is 4. The molecule has 0 radical (unpaired) electrons. The second kappa shape index (κ2) is 8.58. The molecule has 2 saturated heterocycles. The zero-order valence-electron chi connectivity index (χ0n) is 14.3. The Kier molecular flexibility index (Phi) is 6.20. The summed E-state index contributed by atoms with van der Waals surface area (Å²) in [5, 5.41) is 9.39. The van der Waals surface area contributed by atoms with Gasteiger partial charge in [-0.05, 0) is 24.0 Å². The highest BCUT2D eigenvalue weighted by Gasteiger charge is 2.42. The van der Waals surface area contributed by atoms with E-state index in [1.165, 1.54) is 0 Å². The Morgan fingerprint density at radius 1 is 1.20 bits per heavy atom. The van der Waals surface area contributed by atoms with Crippen LogP contribution in [0.15, 0.2) is 24.3 Å². The van der Waals surface area contributed by atoms with E-state index in [2.05, 4.69) is 16.0 Å². The summed E-state index contributed by atoms with van der Waals surface area (Å²) in [4.78, 5) is 23.3. The van der Waals surface area contributed by atoms with Crippen molar-refractivity contribution < 1.29 is 9.59 Å². The van der Waals surface area contributed by atoms with Gasteiger partial charge in [0.05, 0.1) is 12.1 Å². The van der Waals surface area contributed by atoms with E-state index in [9.17, 15) is 9.59 Å². The SMILES string of the molecule is NCc1ccc(CNC(=O)CCCCC2SCC3NC(=O)NC32)cc1. The standard InChI is InChI=1S/C18H26N4O2S/c19-9-12-5-7-13(8-6-12)10-20-16(23)4-2-1-3-15-17-14(11-25-15)21-18(24)22-17/h5-8,14-15,17H,1-4,9-11,19H2,(H,20,23)(H2,21,22,24). The molecule has 2 heterocycles. The first-order valence-corrected chi connectivity index (χ1v) is 9.94. The molecule has 1 aromatic carbocycles. The van der Waals surface area contributed by atoms with Crippen molar-refractivity contribution in [2.45, 2.75) is 56.1 Å². The summed E-state index contributed by atoms with van der Waals surface area (Å²) in [6.45, 7) is 1.09. The van der Waals surface area contributed by atoms with E-state index < -0.39 is 0 Å². The molecule has 6 nitrogen and oxygen atoms in total. The largest absolute Gasteiger partial charge is 0.352 e. The Balaban J connectivity index is 1.29. The number of fused-ring (bicyclic) bond motifs is 1. The third-order valence-corrected chi connectivity index (χ3v) is 6.34. The average Bonchev–Trinajstić information content (AvgIpc) is 3.17. The van der Waals surface area contributed by atoms with Gasteiger partial charge in [-0.25, -0.2) is 4.79 Å². The average molecular weight is 362 g/mol.